The minimum Gasteiger partial charge on any atom is -0.367 e. The Morgan fingerprint density at radius 3 is 2.69 bits per heavy atom. The van der Waals surface area contributed by atoms with Crippen LogP contribution in [0.1, 0.15) is 33.1 Å². The van der Waals surface area contributed by atoms with E-state index in [1.807, 2.05) is 24.3 Å². The van der Waals surface area contributed by atoms with E-state index in [1.165, 1.54) is 5.70 Å². The van der Waals surface area contributed by atoms with Crippen molar-refractivity contribution in [3.8, 4) is 17.2 Å². The Hall–Kier alpha value is -3.53. The smallest absolute Gasteiger partial charge is 0.219 e. The third kappa shape index (κ3) is 4.40. The van der Waals surface area contributed by atoms with Gasteiger partial charge in [0.1, 0.15) is 0 Å². The lowest BCUT2D eigenvalue weighted by atomic mass is 9.93. The molecule has 0 fully saturated rings. The van der Waals surface area contributed by atoms with Crippen LogP contribution in [0.5, 0.6) is 0 Å². The number of hydrogen-bond acceptors (Lipinski definition) is 5. The Morgan fingerprint density at radius 1 is 1.28 bits per heavy atom. The minimum absolute atomic E-state index is 0.0953. The molecule has 2 aliphatic rings. The van der Waals surface area contributed by atoms with Crippen LogP contribution in [-0.4, -0.2) is 51.2 Å². The molecule has 1 N–H and O–H groups in total. The molecule has 3 heterocycles. The maximum absolute atomic E-state index is 12.1. The number of hydrogen-bond donors (Lipinski definition) is 1. The second-order valence-corrected chi connectivity index (χ2v) is 8.38. The van der Waals surface area contributed by atoms with Gasteiger partial charge in [-0.2, -0.15) is 10.4 Å². The summed E-state index contributed by atoms with van der Waals surface area (Å²) in [4.78, 5) is 16.4. The predicted molar refractivity (Wildman–Crippen MR) is 125 cm³/mol. The van der Waals surface area contributed by atoms with Gasteiger partial charge in [-0.15, -0.1) is 0 Å². The van der Waals surface area contributed by atoms with Crippen molar-refractivity contribution in [2.45, 2.75) is 39.2 Å². The van der Waals surface area contributed by atoms with Crippen molar-refractivity contribution in [3.63, 3.8) is 0 Å². The lowest BCUT2D eigenvalue weighted by molar-refractivity contribution is -0.128. The summed E-state index contributed by atoms with van der Waals surface area (Å²) in [7, 11) is 1.92. The van der Waals surface area contributed by atoms with E-state index in [0.717, 1.165) is 54.0 Å². The summed E-state index contributed by atoms with van der Waals surface area (Å²) in [5, 5.41) is 17.0. The summed E-state index contributed by atoms with van der Waals surface area (Å²) in [6.45, 7) is 5.84. The van der Waals surface area contributed by atoms with Gasteiger partial charge < -0.3 is 15.1 Å². The summed E-state index contributed by atoms with van der Waals surface area (Å²) in [6, 6.07) is 10.9. The first-order valence-corrected chi connectivity index (χ1v) is 11.2. The summed E-state index contributed by atoms with van der Waals surface area (Å²) in [5.41, 5.74) is 6.71. The molecule has 0 saturated heterocycles. The molecule has 1 unspecified atom stereocenters. The number of carbonyl (C=O) groups is 1. The number of nitrogens with zero attached hydrogens (tertiary/aromatic N) is 5. The van der Waals surface area contributed by atoms with E-state index in [2.05, 4.69) is 58.6 Å². The molecule has 1 aromatic heterocycles. The van der Waals surface area contributed by atoms with E-state index in [-0.39, 0.29) is 11.9 Å². The molecule has 0 saturated carbocycles. The first-order valence-electron chi connectivity index (χ1n) is 11.2. The lowest BCUT2D eigenvalue weighted by Crippen LogP contribution is -2.45. The van der Waals surface area contributed by atoms with Gasteiger partial charge in [0.15, 0.2) is 0 Å². The SMILES string of the molecule is CCC1C=C(Nc2ccc(-c3cnn(C)c3)cc2)C2=C(CCN(C(C)=O)C2)N1CCC#N. The number of amides is 1. The molecule has 0 radical (unpaired) electrons. The largest absolute Gasteiger partial charge is 0.367 e. The maximum atomic E-state index is 12.1. The van der Waals surface area contributed by atoms with E-state index in [4.69, 9.17) is 5.26 Å². The van der Waals surface area contributed by atoms with Gasteiger partial charge in [0.25, 0.3) is 0 Å². The molecule has 7 nitrogen and oxygen atoms in total. The van der Waals surface area contributed by atoms with Crippen LogP contribution in [0.15, 0.2) is 59.7 Å². The second-order valence-electron chi connectivity index (χ2n) is 8.38. The summed E-state index contributed by atoms with van der Waals surface area (Å²) in [5.74, 6) is 0.0953. The predicted octanol–water partition coefficient (Wildman–Crippen LogP) is 3.90. The van der Waals surface area contributed by atoms with Gasteiger partial charge in [-0.3, -0.25) is 9.48 Å². The van der Waals surface area contributed by atoms with Gasteiger partial charge >= 0.3 is 0 Å². The van der Waals surface area contributed by atoms with Crippen molar-refractivity contribution in [1.82, 2.24) is 19.6 Å². The van der Waals surface area contributed by atoms with Crippen LogP contribution < -0.4 is 5.32 Å². The highest BCUT2D eigenvalue weighted by atomic mass is 16.2. The lowest BCUT2D eigenvalue weighted by Gasteiger charge is -2.43. The summed E-state index contributed by atoms with van der Waals surface area (Å²) >= 11 is 0. The third-order valence-corrected chi connectivity index (χ3v) is 6.28. The van der Waals surface area contributed by atoms with Crippen molar-refractivity contribution in [2.75, 3.05) is 25.0 Å². The fourth-order valence-electron chi connectivity index (χ4n) is 4.56. The van der Waals surface area contributed by atoms with Crippen LogP contribution in [-0.2, 0) is 11.8 Å². The van der Waals surface area contributed by atoms with E-state index in [0.29, 0.717) is 13.0 Å². The topological polar surface area (TPSA) is 77.2 Å². The Labute approximate surface area is 189 Å². The fraction of sp³-hybridized carbons (Fsp3) is 0.400. The molecule has 1 atom stereocenters. The van der Waals surface area contributed by atoms with Gasteiger partial charge in [0, 0.05) is 80.5 Å². The molecule has 2 aliphatic heterocycles. The fourth-order valence-corrected chi connectivity index (χ4v) is 4.56. The van der Waals surface area contributed by atoms with Crippen LogP contribution in [0.2, 0.25) is 0 Å². The minimum atomic E-state index is 0.0953. The molecular weight excluding hydrogens is 400 g/mol. The van der Waals surface area contributed by atoms with Crippen LogP contribution in [0, 0.1) is 11.3 Å². The Morgan fingerprint density at radius 2 is 2.06 bits per heavy atom. The Kier molecular flexibility index (Phi) is 6.31. The molecule has 0 spiro atoms. The summed E-state index contributed by atoms with van der Waals surface area (Å²) < 4.78 is 1.80. The Bertz CT molecular complexity index is 1090. The number of anilines is 1. The van der Waals surface area contributed by atoms with Gasteiger partial charge in [0.2, 0.25) is 5.91 Å². The molecule has 7 heteroatoms. The quantitative estimate of drug-likeness (QED) is 0.752. The monoisotopic (exact) mass is 430 g/mol. The average Bonchev–Trinajstić information content (AvgIpc) is 3.24. The average molecular weight is 431 g/mol. The van der Waals surface area contributed by atoms with Crippen LogP contribution in [0.25, 0.3) is 11.1 Å². The van der Waals surface area contributed by atoms with E-state index < -0.39 is 0 Å². The highest BCUT2D eigenvalue weighted by molar-refractivity contribution is 5.74. The Balaban J connectivity index is 1.62. The molecular formula is C25H30N6O. The molecule has 1 amide bonds. The van der Waals surface area contributed by atoms with E-state index >= 15 is 0 Å². The van der Waals surface area contributed by atoms with Gasteiger partial charge in [-0.25, -0.2) is 0 Å². The van der Waals surface area contributed by atoms with Crippen molar-refractivity contribution < 1.29 is 4.79 Å². The molecule has 4 rings (SSSR count). The van der Waals surface area contributed by atoms with Gasteiger partial charge in [-0.1, -0.05) is 19.1 Å². The zero-order valence-corrected chi connectivity index (χ0v) is 19.0. The van der Waals surface area contributed by atoms with Crippen LogP contribution >= 0.6 is 0 Å². The number of carbonyl (C=O) groups excluding carboxylic acids is 1. The molecule has 1 aromatic carbocycles. The first kappa shape index (κ1) is 21.7. The number of aromatic nitrogens is 2. The third-order valence-electron chi connectivity index (χ3n) is 6.28. The summed E-state index contributed by atoms with van der Waals surface area (Å²) in [6.07, 6.45) is 8.40. The number of aryl methyl sites for hydroxylation is 1. The standard InChI is InChI=1S/C25H30N6O/c1-4-22-14-24(28-21-8-6-19(7-9-21)20-15-27-29(3)16-20)23-17-30(18(2)32)13-10-25(23)31(22)12-5-11-26/h6-9,14-16,22,28H,4-5,10,12-13,17H2,1-3H3. The number of nitriles is 1. The van der Waals surface area contributed by atoms with Gasteiger partial charge in [-0.05, 0) is 30.2 Å². The number of benzene rings is 1. The van der Waals surface area contributed by atoms with Crippen LogP contribution in [0.3, 0.4) is 0 Å². The molecule has 166 valence electrons. The van der Waals surface area contributed by atoms with Crippen LogP contribution in [0.4, 0.5) is 5.69 Å². The molecule has 0 aliphatic carbocycles. The zero-order valence-electron chi connectivity index (χ0n) is 19.0. The van der Waals surface area contributed by atoms with Gasteiger partial charge in [0.05, 0.1) is 18.7 Å². The van der Waals surface area contributed by atoms with E-state index in [9.17, 15) is 4.79 Å². The van der Waals surface area contributed by atoms with Crippen molar-refractivity contribution in [3.05, 3.63) is 59.7 Å². The maximum Gasteiger partial charge on any atom is 0.219 e. The highest BCUT2D eigenvalue weighted by Crippen LogP contribution is 2.35. The van der Waals surface area contributed by atoms with Crippen molar-refractivity contribution >= 4 is 11.6 Å². The zero-order chi connectivity index (χ0) is 22.7. The molecule has 32 heavy (non-hydrogen) atoms. The first-order chi connectivity index (χ1) is 15.5. The van der Waals surface area contributed by atoms with E-state index in [1.54, 1.807) is 11.6 Å². The molecule has 0 bridgehead atoms. The molecule has 2 aromatic rings. The number of rotatable bonds is 6. The van der Waals surface area contributed by atoms with Crippen molar-refractivity contribution in [1.29, 1.82) is 5.26 Å². The van der Waals surface area contributed by atoms with Crippen molar-refractivity contribution in [2.24, 2.45) is 7.05 Å². The second kappa shape index (κ2) is 9.31. The number of nitrogens with one attached hydrogen (secondary N) is 1. The normalized spacial score (nSPS) is 18.2. The highest BCUT2D eigenvalue weighted by Gasteiger charge is 2.32.